The fraction of sp³-hybridized carbons (Fsp3) is 0.0500. The summed E-state index contributed by atoms with van der Waals surface area (Å²) in [5.41, 5.74) is 8.13. The summed E-state index contributed by atoms with van der Waals surface area (Å²) in [5, 5.41) is 0. The van der Waals surface area contributed by atoms with Gasteiger partial charge in [0.05, 0.1) is 0 Å². The van der Waals surface area contributed by atoms with E-state index in [9.17, 15) is 0 Å². The molecule has 0 saturated carbocycles. The van der Waals surface area contributed by atoms with Gasteiger partial charge >= 0.3 is 18.9 Å². The maximum absolute atomic E-state index is 2.32. The Morgan fingerprint density at radius 3 is 2.14 bits per heavy atom. The molecule has 0 amide bonds. The molecule has 97 valence electrons. The van der Waals surface area contributed by atoms with Gasteiger partial charge in [0.25, 0.3) is 0 Å². The molecule has 0 fully saturated rings. The van der Waals surface area contributed by atoms with Crippen LogP contribution in [0.5, 0.6) is 0 Å². The predicted octanol–water partition coefficient (Wildman–Crippen LogP) is 4.21. The van der Waals surface area contributed by atoms with E-state index in [-0.39, 0.29) is 18.9 Å². The molecule has 0 saturated heterocycles. The van der Waals surface area contributed by atoms with Crippen molar-refractivity contribution in [1.82, 2.24) is 0 Å². The molecule has 0 unspecified atom stereocenters. The van der Waals surface area contributed by atoms with Crippen molar-refractivity contribution in [1.29, 1.82) is 0 Å². The third-order valence-corrected chi connectivity index (χ3v) is 3.93. The van der Waals surface area contributed by atoms with Gasteiger partial charge in [-0.05, 0) is 39.8 Å². The molecular weight excluding hydrogens is 247 g/mol. The Balaban J connectivity index is 0.00000132. The van der Waals surface area contributed by atoms with Gasteiger partial charge < -0.3 is 0 Å². The van der Waals surface area contributed by atoms with Crippen LogP contribution in [0.3, 0.4) is 0 Å². The fourth-order valence-electron chi connectivity index (χ4n) is 2.95. The zero-order valence-electron chi connectivity index (χ0n) is 11.2. The summed E-state index contributed by atoms with van der Waals surface area (Å²) in [7, 11) is 0. The van der Waals surface area contributed by atoms with Gasteiger partial charge in [0.15, 0.2) is 0 Å². The average molecular weight is 263 g/mol. The third-order valence-electron chi connectivity index (χ3n) is 3.93. The van der Waals surface area contributed by atoms with Crippen molar-refractivity contribution in [2.75, 3.05) is 0 Å². The molecular formula is C20H16Li. The van der Waals surface area contributed by atoms with E-state index >= 15 is 0 Å². The monoisotopic (exact) mass is 263 g/mol. The summed E-state index contributed by atoms with van der Waals surface area (Å²) in [5.74, 6) is 0. The first-order valence-corrected chi connectivity index (χ1v) is 7.01. The van der Waals surface area contributed by atoms with Crippen molar-refractivity contribution in [2.45, 2.75) is 6.42 Å². The van der Waals surface area contributed by atoms with E-state index < -0.39 is 0 Å². The van der Waals surface area contributed by atoms with Crippen LogP contribution in [-0.4, -0.2) is 18.9 Å². The SMILES string of the molecule is [CH]1c2ccccc2-c2ccc(Cc3ccccc3)cc21.[LiH]. The predicted molar refractivity (Wildman–Crippen MR) is 90.8 cm³/mol. The van der Waals surface area contributed by atoms with Crippen LogP contribution in [0.1, 0.15) is 22.3 Å². The molecule has 1 radical (unpaired) electrons. The zero-order chi connectivity index (χ0) is 13.4. The van der Waals surface area contributed by atoms with Crippen molar-refractivity contribution in [2.24, 2.45) is 0 Å². The fourth-order valence-corrected chi connectivity index (χ4v) is 2.95. The van der Waals surface area contributed by atoms with Gasteiger partial charge in [-0.15, -0.1) is 0 Å². The summed E-state index contributed by atoms with van der Waals surface area (Å²) in [6.07, 6.45) is 3.29. The van der Waals surface area contributed by atoms with E-state index in [1.54, 1.807) is 0 Å². The van der Waals surface area contributed by atoms with Gasteiger partial charge in [0, 0.05) is 6.42 Å². The van der Waals surface area contributed by atoms with Crippen LogP contribution in [-0.2, 0) is 6.42 Å². The Morgan fingerprint density at radius 1 is 0.571 bits per heavy atom. The van der Waals surface area contributed by atoms with Crippen LogP contribution in [0.15, 0.2) is 72.8 Å². The van der Waals surface area contributed by atoms with E-state index in [0.29, 0.717) is 0 Å². The van der Waals surface area contributed by atoms with E-state index in [4.69, 9.17) is 0 Å². The summed E-state index contributed by atoms with van der Waals surface area (Å²) in [6.45, 7) is 0. The second-order valence-corrected chi connectivity index (χ2v) is 5.32. The molecule has 0 aliphatic heterocycles. The number of hydrogen-bond acceptors (Lipinski definition) is 0. The first-order chi connectivity index (χ1) is 9.90. The van der Waals surface area contributed by atoms with Crippen molar-refractivity contribution in [3.63, 3.8) is 0 Å². The van der Waals surface area contributed by atoms with Crippen molar-refractivity contribution in [3.8, 4) is 11.1 Å². The van der Waals surface area contributed by atoms with Gasteiger partial charge in [-0.1, -0.05) is 72.8 Å². The van der Waals surface area contributed by atoms with Crippen LogP contribution < -0.4 is 0 Å². The van der Waals surface area contributed by atoms with E-state index in [1.807, 2.05) is 0 Å². The van der Waals surface area contributed by atoms with Gasteiger partial charge in [0.1, 0.15) is 0 Å². The molecule has 0 N–H and O–H groups in total. The van der Waals surface area contributed by atoms with Crippen LogP contribution in [0, 0.1) is 6.42 Å². The molecule has 1 aliphatic rings. The normalized spacial score (nSPS) is 11.4. The zero-order valence-corrected chi connectivity index (χ0v) is 11.2. The minimum atomic E-state index is 0. The molecule has 0 atom stereocenters. The molecule has 3 aromatic rings. The Labute approximate surface area is 138 Å². The average Bonchev–Trinajstić information content (AvgIpc) is 2.86. The Bertz CT molecular complexity index is 760. The Hall–Kier alpha value is -1.74. The third kappa shape index (κ3) is 2.70. The standard InChI is InChI=1S/C20H15.Li.H/c1-2-6-15(7-3-1)12-16-10-11-20-18(13-16)14-17-8-4-5-9-19(17)20;;/h1-11,13-14H,12H2;;. The number of rotatable bonds is 2. The number of fused-ring (bicyclic) bond motifs is 3. The molecule has 3 aromatic carbocycles. The van der Waals surface area contributed by atoms with Crippen LogP contribution in [0.25, 0.3) is 11.1 Å². The molecule has 4 rings (SSSR count). The second kappa shape index (κ2) is 5.94. The number of benzene rings is 3. The van der Waals surface area contributed by atoms with Crippen LogP contribution in [0.4, 0.5) is 0 Å². The summed E-state index contributed by atoms with van der Waals surface area (Å²) >= 11 is 0. The second-order valence-electron chi connectivity index (χ2n) is 5.32. The van der Waals surface area contributed by atoms with Crippen LogP contribution in [0.2, 0.25) is 0 Å². The first-order valence-electron chi connectivity index (χ1n) is 7.01. The topological polar surface area (TPSA) is 0 Å². The quantitative estimate of drug-likeness (QED) is 0.475. The van der Waals surface area contributed by atoms with Gasteiger partial charge in [-0.3, -0.25) is 0 Å². The minimum absolute atomic E-state index is 0. The molecule has 0 spiro atoms. The van der Waals surface area contributed by atoms with Crippen molar-refractivity contribution < 1.29 is 0 Å². The molecule has 0 aromatic heterocycles. The molecule has 0 heterocycles. The summed E-state index contributed by atoms with van der Waals surface area (Å²) < 4.78 is 0. The number of hydrogen-bond donors (Lipinski definition) is 0. The van der Waals surface area contributed by atoms with Gasteiger partial charge in [0.2, 0.25) is 0 Å². The van der Waals surface area contributed by atoms with Crippen molar-refractivity contribution in [3.05, 3.63) is 101 Å². The van der Waals surface area contributed by atoms with E-state index in [0.717, 1.165) is 6.42 Å². The van der Waals surface area contributed by atoms with Gasteiger partial charge in [-0.25, -0.2) is 0 Å². The van der Waals surface area contributed by atoms with Gasteiger partial charge in [-0.2, -0.15) is 0 Å². The maximum atomic E-state index is 2.32. The molecule has 21 heavy (non-hydrogen) atoms. The molecule has 0 bridgehead atoms. The van der Waals surface area contributed by atoms with E-state index in [2.05, 4.69) is 79.2 Å². The summed E-state index contributed by atoms with van der Waals surface area (Å²) in [4.78, 5) is 0. The Morgan fingerprint density at radius 2 is 1.29 bits per heavy atom. The van der Waals surface area contributed by atoms with Crippen LogP contribution >= 0.6 is 0 Å². The Kier molecular flexibility index (Phi) is 4.02. The van der Waals surface area contributed by atoms with E-state index in [1.165, 1.54) is 33.4 Å². The summed E-state index contributed by atoms with van der Waals surface area (Å²) in [6, 6.07) is 26.1. The molecule has 1 heteroatoms. The molecule has 1 aliphatic carbocycles. The first kappa shape index (κ1) is 14.2. The van der Waals surface area contributed by atoms with Crippen molar-refractivity contribution >= 4 is 18.9 Å². The molecule has 0 nitrogen and oxygen atoms in total.